The molecule has 3 N–H and O–H groups in total. The number of nitrogens with two attached hydrogens (primary N) is 1. The van der Waals surface area contributed by atoms with Gasteiger partial charge in [0.2, 0.25) is 0 Å². The fourth-order valence-electron chi connectivity index (χ4n) is 6.35. The minimum absolute atomic E-state index is 0.360. The van der Waals surface area contributed by atoms with E-state index < -0.39 is 0 Å². The Balaban J connectivity index is 0.000000145. The van der Waals surface area contributed by atoms with E-state index in [2.05, 4.69) is 145 Å². The molecule has 0 aliphatic heterocycles. The SMILES string of the molecule is CC(C)n1ccc2c(N(C)C)ccnc21.CC(C)n1cnc2c(N(C)C)ccnc21.CC(C)n1cnc2c(N)ccnc21.CNc1ccnc2c1ncn2C(C)C. The monoisotopic (exact) mass is 774 g/mol. The van der Waals surface area contributed by atoms with Crippen LogP contribution in [-0.2, 0) is 0 Å². The van der Waals surface area contributed by atoms with Gasteiger partial charge < -0.3 is 39.1 Å². The van der Waals surface area contributed by atoms with Crippen LogP contribution in [0.15, 0.2) is 80.3 Å². The van der Waals surface area contributed by atoms with Crippen molar-refractivity contribution >= 4 is 67.3 Å². The van der Waals surface area contributed by atoms with Crippen molar-refractivity contribution in [1.29, 1.82) is 0 Å². The first-order valence-corrected chi connectivity index (χ1v) is 19.3. The normalized spacial score (nSPS) is 11.2. The van der Waals surface area contributed by atoms with Crippen molar-refractivity contribution in [3.63, 3.8) is 0 Å². The Morgan fingerprint density at radius 3 is 1.42 bits per heavy atom. The maximum Gasteiger partial charge on any atom is 0.162 e. The van der Waals surface area contributed by atoms with Crippen LogP contribution >= 0.6 is 0 Å². The topological polar surface area (TPSA) is 154 Å². The molecular weight excluding hydrogens is 715 g/mol. The summed E-state index contributed by atoms with van der Waals surface area (Å²) < 4.78 is 8.35. The third-order valence-electron chi connectivity index (χ3n) is 9.44. The van der Waals surface area contributed by atoms with Gasteiger partial charge in [0.25, 0.3) is 0 Å². The minimum atomic E-state index is 0.360. The summed E-state index contributed by atoms with van der Waals surface area (Å²) >= 11 is 0. The van der Waals surface area contributed by atoms with Crippen molar-refractivity contribution < 1.29 is 0 Å². The first-order valence-electron chi connectivity index (χ1n) is 19.3. The molecule has 0 radical (unpaired) electrons. The van der Waals surface area contributed by atoms with Crippen LogP contribution in [-0.4, -0.2) is 88.4 Å². The van der Waals surface area contributed by atoms with Gasteiger partial charge in [-0.25, -0.2) is 34.9 Å². The average molecular weight is 774 g/mol. The molecule has 0 aliphatic rings. The number of imidazole rings is 3. The van der Waals surface area contributed by atoms with Gasteiger partial charge in [0.15, 0.2) is 16.9 Å². The van der Waals surface area contributed by atoms with E-state index in [1.165, 1.54) is 11.1 Å². The molecule has 0 fully saturated rings. The first-order chi connectivity index (χ1) is 27.2. The van der Waals surface area contributed by atoms with Crippen molar-refractivity contribution in [3.8, 4) is 0 Å². The molecule has 15 heteroatoms. The molecule has 8 rings (SSSR count). The molecule has 0 aromatic carbocycles. The zero-order valence-corrected chi connectivity index (χ0v) is 35.7. The maximum absolute atomic E-state index is 5.75. The van der Waals surface area contributed by atoms with Gasteiger partial charge >= 0.3 is 0 Å². The summed E-state index contributed by atoms with van der Waals surface area (Å²) in [5, 5.41) is 4.33. The van der Waals surface area contributed by atoms with Crippen LogP contribution in [0.3, 0.4) is 0 Å². The summed E-state index contributed by atoms with van der Waals surface area (Å²) in [7, 11) is 10.0. The molecule has 8 heterocycles. The molecule has 0 saturated carbocycles. The lowest BCUT2D eigenvalue weighted by molar-refractivity contribution is 0.613. The van der Waals surface area contributed by atoms with Gasteiger partial charge in [0.1, 0.15) is 22.2 Å². The zero-order valence-electron chi connectivity index (χ0n) is 35.7. The van der Waals surface area contributed by atoms with E-state index in [4.69, 9.17) is 5.73 Å². The highest BCUT2D eigenvalue weighted by atomic mass is 15.2. The van der Waals surface area contributed by atoms with E-state index in [9.17, 15) is 0 Å². The summed E-state index contributed by atoms with van der Waals surface area (Å²) in [5.74, 6) is 0. The molecule has 0 saturated heterocycles. The Kier molecular flexibility index (Phi) is 13.3. The van der Waals surface area contributed by atoms with Crippen molar-refractivity contribution in [2.24, 2.45) is 0 Å². The van der Waals surface area contributed by atoms with E-state index >= 15 is 0 Å². The highest BCUT2D eigenvalue weighted by Crippen LogP contribution is 2.27. The number of pyridine rings is 4. The second-order valence-corrected chi connectivity index (χ2v) is 15.3. The van der Waals surface area contributed by atoms with Crippen molar-refractivity contribution in [2.75, 3.05) is 56.1 Å². The molecule has 57 heavy (non-hydrogen) atoms. The largest absolute Gasteiger partial charge is 0.397 e. The average Bonchev–Trinajstić information content (AvgIpc) is 3.99. The van der Waals surface area contributed by atoms with Crippen molar-refractivity contribution in [3.05, 3.63) is 80.3 Å². The number of rotatable bonds is 7. The number of nitrogens with zero attached hydrogens (tertiary/aromatic N) is 13. The lowest BCUT2D eigenvalue weighted by atomic mass is 10.2. The predicted molar refractivity (Wildman–Crippen MR) is 236 cm³/mol. The van der Waals surface area contributed by atoms with Crippen LogP contribution in [0, 0.1) is 0 Å². The fourth-order valence-corrected chi connectivity index (χ4v) is 6.35. The van der Waals surface area contributed by atoms with Crippen LogP contribution in [0.5, 0.6) is 0 Å². The van der Waals surface area contributed by atoms with Crippen molar-refractivity contribution in [2.45, 2.75) is 79.6 Å². The number of nitrogen functional groups attached to an aromatic ring is 1. The van der Waals surface area contributed by atoms with Gasteiger partial charge in [0.05, 0.1) is 36.0 Å². The minimum Gasteiger partial charge on any atom is -0.397 e. The maximum atomic E-state index is 5.75. The molecular formula is C42H59N15. The van der Waals surface area contributed by atoms with E-state index in [1.54, 1.807) is 24.8 Å². The first kappa shape index (κ1) is 41.9. The summed E-state index contributed by atoms with van der Waals surface area (Å²) in [6.07, 6.45) is 14.8. The van der Waals surface area contributed by atoms with Crippen LogP contribution in [0.2, 0.25) is 0 Å². The molecule has 0 unspecified atom stereocenters. The number of fused-ring (bicyclic) bond motifs is 4. The van der Waals surface area contributed by atoms with Gasteiger partial charge in [-0.15, -0.1) is 0 Å². The quantitative estimate of drug-likeness (QED) is 0.160. The van der Waals surface area contributed by atoms with Gasteiger partial charge in [-0.05, 0) is 85.7 Å². The molecule has 8 aromatic rings. The van der Waals surface area contributed by atoms with E-state index in [1.807, 2.05) is 69.0 Å². The molecule has 302 valence electrons. The Morgan fingerprint density at radius 2 is 0.912 bits per heavy atom. The second-order valence-electron chi connectivity index (χ2n) is 15.3. The Labute approximate surface area is 335 Å². The summed E-state index contributed by atoms with van der Waals surface area (Å²) in [4.78, 5) is 34.6. The molecule has 8 aromatic heterocycles. The summed E-state index contributed by atoms with van der Waals surface area (Å²) in [6.45, 7) is 17.0. The third-order valence-corrected chi connectivity index (χ3v) is 9.44. The standard InChI is InChI=1S/C12H17N3.C11H16N4.C10H14N4.C9H12N4/c1-9(2)15-8-6-10-11(14(3)4)5-7-13-12(10)15;1-8(2)15-7-13-10-9(14(3)4)5-6-12-11(10)15;1-7(2)14-6-13-9-8(11-3)4-5-12-10(9)14;1-6(2)13-5-12-8-7(10)3-4-11-9(8)13/h5-9H,1-4H3;5-8H,1-4H3;4-7H,1-3H3,(H,11,12);3-6H,1-2H3,(H2,10,11). The Bertz CT molecular complexity index is 2420. The van der Waals surface area contributed by atoms with E-state index in [0.717, 1.165) is 50.5 Å². The van der Waals surface area contributed by atoms with Gasteiger partial charge in [-0.2, -0.15) is 0 Å². The predicted octanol–water partition coefficient (Wildman–Crippen LogP) is 8.41. The highest BCUT2D eigenvalue weighted by molar-refractivity contribution is 5.90. The van der Waals surface area contributed by atoms with Gasteiger partial charge in [-0.1, -0.05) is 0 Å². The van der Waals surface area contributed by atoms with Crippen LogP contribution < -0.4 is 20.9 Å². The van der Waals surface area contributed by atoms with Crippen molar-refractivity contribution in [1.82, 2.24) is 53.2 Å². The Morgan fingerprint density at radius 1 is 0.491 bits per heavy atom. The molecule has 0 atom stereocenters. The number of aromatic nitrogens is 11. The van der Waals surface area contributed by atoms with E-state index in [0.29, 0.717) is 29.9 Å². The molecule has 15 nitrogen and oxygen atoms in total. The molecule has 0 spiro atoms. The molecule has 0 aliphatic carbocycles. The van der Waals surface area contributed by atoms with Gasteiger partial charge in [0, 0.05) is 101 Å². The van der Waals surface area contributed by atoms with Crippen LogP contribution in [0.4, 0.5) is 22.7 Å². The van der Waals surface area contributed by atoms with Crippen LogP contribution in [0.1, 0.15) is 79.6 Å². The number of nitrogens with one attached hydrogen (secondary N) is 1. The smallest absolute Gasteiger partial charge is 0.162 e. The number of hydrogen-bond donors (Lipinski definition) is 2. The third kappa shape index (κ3) is 9.08. The number of hydrogen-bond acceptors (Lipinski definition) is 11. The molecule has 0 amide bonds. The highest BCUT2D eigenvalue weighted by Gasteiger charge is 2.13. The van der Waals surface area contributed by atoms with Gasteiger partial charge in [-0.3, -0.25) is 0 Å². The van der Waals surface area contributed by atoms with E-state index in [-0.39, 0.29) is 0 Å². The number of anilines is 4. The van der Waals surface area contributed by atoms with Crippen LogP contribution in [0.25, 0.3) is 44.5 Å². The summed E-state index contributed by atoms with van der Waals surface area (Å²) in [6, 6.07) is 11.5. The molecule has 0 bridgehead atoms. The second kappa shape index (κ2) is 18.1. The lowest BCUT2D eigenvalue weighted by Gasteiger charge is -2.14. The lowest BCUT2D eigenvalue weighted by Crippen LogP contribution is -2.09. The Hall–Kier alpha value is -6.25. The fraction of sp³-hybridized carbons (Fsp3) is 0.405. The summed E-state index contributed by atoms with van der Waals surface area (Å²) in [5.41, 5.74) is 16.3. The zero-order chi connectivity index (χ0) is 41.6.